The molecule has 5 heterocycles. The van der Waals surface area contributed by atoms with Gasteiger partial charge >= 0.3 is 0 Å². The van der Waals surface area contributed by atoms with Crippen molar-refractivity contribution in [1.29, 1.82) is 0 Å². The Balaban J connectivity index is 1.35. The molecule has 0 aliphatic carbocycles. The van der Waals surface area contributed by atoms with Gasteiger partial charge in [-0.05, 0) is 51.6 Å². The van der Waals surface area contributed by atoms with Crippen LogP contribution < -0.4 is 15.5 Å². The van der Waals surface area contributed by atoms with Crippen molar-refractivity contribution in [1.82, 2.24) is 29.7 Å². The number of nitrogens with one attached hydrogen (secondary N) is 2. The zero-order valence-electron chi connectivity index (χ0n) is 19.5. The third-order valence-electron chi connectivity index (χ3n) is 6.91. The molecule has 1 saturated heterocycles. The number of hydrogen-bond acceptors (Lipinski definition) is 8. The van der Waals surface area contributed by atoms with Crippen LogP contribution in [0.4, 0.5) is 17.5 Å². The predicted molar refractivity (Wildman–Crippen MR) is 131 cm³/mol. The minimum Gasteiger partial charge on any atom is -0.373 e. The lowest BCUT2D eigenvalue weighted by atomic mass is 10.1. The van der Waals surface area contributed by atoms with E-state index < -0.39 is 6.23 Å². The molecule has 33 heavy (non-hydrogen) atoms. The first-order valence-corrected chi connectivity index (χ1v) is 12.0. The average molecular weight is 451 g/mol. The number of aromatic nitrogens is 4. The third-order valence-corrected chi connectivity index (χ3v) is 6.91. The summed E-state index contributed by atoms with van der Waals surface area (Å²) in [5, 5.41) is 18.0. The van der Waals surface area contributed by atoms with Crippen LogP contribution in [0, 0.1) is 0 Å². The smallest absolute Gasteiger partial charge is 0.230 e. The third kappa shape index (κ3) is 4.80. The molecule has 0 aromatic carbocycles. The van der Waals surface area contributed by atoms with E-state index in [0.29, 0.717) is 12.0 Å². The van der Waals surface area contributed by atoms with Crippen LogP contribution in [0.15, 0.2) is 30.6 Å². The summed E-state index contributed by atoms with van der Waals surface area (Å²) in [7, 11) is 2.18. The molecule has 2 aliphatic heterocycles. The summed E-state index contributed by atoms with van der Waals surface area (Å²) in [5.74, 6) is 1.23. The molecule has 5 rings (SSSR count). The van der Waals surface area contributed by atoms with E-state index in [4.69, 9.17) is 4.98 Å². The summed E-state index contributed by atoms with van der Waals surface area (Å²) < 4.78 is 2.12. The second kappa shape index (κ2) is 9.62. The maximum atomic E-state index is 10.6. The van der Waals surface area contributed by atoms with Gasteiger partial charge < -0.3 is 24.8 Å². The molecule has 1 fully saturated rings. The molecular formula is C24H34N8O. The number of piperazine rings is 1. The van der Waals surface area contributed by atoms with Crippen molar-refractivity contribution >= 4 is 28.5 Å². The van der Waals surface area contributed by atoms with E-state index in [1.54, 1.807) is 0 Å². The highest BCUT2D eigenvalue weighted by atomic mass is 16.3. The van der Waals surface area contributed by atoms with Crippen LogP contribution in [0.25, 0.3) is 11.0 Å². The van der Waals surface area contributed by atoms with E-state index in [0.717, 1.165) is 73.8 Å². The normalized spacial score (nSPS) is 22.8. The Kier molecular flexibility index (Phi) is 6.43. The van der Waals surface area contributed by atoms with Crippen LogP contribution in [0.1, 0.15) is 44.5 Å². The highest BCUT2D eigenvalue weighted by molar-refractivity contribution is 5.78. The number of aliphatic hydroxyl groups excluding tert-OH is 1. The van der Waals surface area contributed by atoms with Gasteiger partial charge in [-0.25, -0.2) is 9.97 Å². The topological polar surface area (TPSA) is 94.4 Å². The van der Waals surface area contributed by atoms with Gasteiger partial charge in [0.15, 0.2) is 0 Å². The average Bonchev–Trinajstić information content (AvgIpc) is 3.19. The first kappa shape index (κ1) is 22.1. The predicted octanol–water partition coefficient (Wildman–Crippen LogP) is 2.86. The number of aryl methyl sites for hydroxylation is 1. The number of rotatable bonds is 3. The van der Waals surface area contributed by atoms with Crippen molar-refractivity contribution in [3.05, 3.63) is 36.3 Å². The number of nitrogens with zero attached hydrogens (tertiary/aromatic N) is 6. The quantitative estimate of drug-likeness (QED) is 0.561. The molecule has 176 valence electrons. The molecule has 3 N–H and O–H groups in total. The van der Waals surface area contributed by atoms with E-state index in [2.05, 4.69) is 55.0 Å². The zero-order valence-corrected chi connectivity index (χ0v) is 19.5. The first-order valence-electron chi connectivity index (χ1n) is 12.0. The summed E-state index contributed by atoms with van der Waals surface area (Å²) in [6.45, 7) is 6.98. The SMILES string of the molecule is CC1CN(c2ccc(Nc3ncc4cc5n(c4n3)CCCCCCNC5O)nc2)CCN1C. The van der Waals surface area contributed by atoms with Gasteiger partial charge in [-0.1, -0.05) is 12.8 Å². The van der Waals surface area contributed by atoms with E-state index in [1.165, 1.54) is 12.8 Å². The molecule has 2 atom stereocenters. The molecule has 0 bridgehead atoms. The maximum absolute atomic E-state index is 10.6. The first-order chi connectivity index (χ1) is 16.1. The lowest BCUT2D eigenvalue weighted by Crippen LogP contribution is -2.50. The zero-order chi connectivity index (χ0) is 22.8. The van der Waals surface area contributed by atoms with E-state index in [9.17, 15) is 5.11 Å². The highest BCUT2D eigenvalue weighted by Gasteiger charge is 2.21. The van der Waals surface area contributed by atoms with Crippen LogP contribution >= 0.6 is 0 Å². The van der Waals surface area contributed by atoms with Crippen LogP contribution in [-0.4, -0.2) is 68.8 Å². The number of hydrogen-bond donors (Lipinski definition) is 3. The molecular weight excluding hydrogens is 416 g/mol. The van der Waals surface area contributed by atoms with Crippen LogP contribution in [0.3, 0.4) is 0 Å². The fourth-order valence-electron chi connectivity index (χ4n) is 4.72. The van der Waals surface area contributed by atoms with Crippen molar-refractivity contribution in [2.45, 2.75) is 51.4 Å². The molecule has 0 amide bonds. The summed E-state index contributed by atoms with van der Waals surface area (Å²) in [4.78, 5) is 18.6. The van der Waals surface area contributed by atoms with Crippen molar-refractivity contribution in [3.63, 3.8) is 0 Å². The summed E-state index contributed by atoms with van der Waals surface area (Å²) in [5.41, 5.74) is 2.83. The van der Waals surface area contributed by atoms with Gasteiger partial charge in [-0.15, -0.1) is 0 Å². The Hall–Kier alpha value is -2.75. The van der Waals surface area contributed by atoms with Gasteiger partial charge in [0, 0.05) is 43.8 Å². The van der Waals surface area contributed by atoms with Gasteiger partial charge in [0.2, 0.25) is 5.95 Å². The van der Waals surface area contributed by atoms with Crippen LogP contribution in [0.5, 0.6) is 0 Å². The van der Waals surface area contributed by atoms with Crippen molar-refractivity contribution in [3.8, 4) is 0 Å². The second-order valence-electron chi connectivity index (χ2n) is 9.27. The Bertz CT molecular complexity index is 1080. The Morgan fingerprint density at radius 2 is 1.94 bits per heavy atom. The molecule has 2 unspecified atom stereocenters. The van der Waals surface area contributed by atoms with Crippen LogP contribution in [-0.2, 0) is 6.54 Å². The van der Waals surface area contributed by atoms with Gasteiger partial charge in [0.25, 0.3) is 0 Å². The van der Waals surface area contributed by atoms with Crippen molar-refractivity contribution in [2.75, 3.05) is 43.4 Å². The Morgan fingerprint density at radius 1 is 1.06 bits per heavy atom. The minimum absolute atomic E-state index is 0.511. The number of anilines is 3. The highest BCUT2D eigenvalue weighted by Crippen LogP contribution is 2.26. The van der Waals surface area contributed by atoms with Gasteiger partial charge in [-0.2, -0.15) is 4.98 Å². The minimum atomic E-state index is -0.694. The van der Waals surface area contributed by atoms with E-state index in [1.807, 2.05) is 24.5 Å². The molecule has 0 saturated carbocycles. The van der Waals surface area contributed by atoms with E-state index >= 15 is 0 Å². The number of likely N-dealkylation sites (N-methyl/N-ethyl adjacent to an activating group) is 1. The number of pyridine rings is 1. The monoisotopic (exact) mass is 450 g/mol. The van der Waals surface area contributed by atoms with Gasteiger partial charge in [-0.3, -0.25) is 5.32 Å². The molecule has 9 heteroatoms. The lowest BCUT2D eigenvalue weighted by molar-refractivity contribution is 0.129. The van der Waals surface area contributed by atoms with Crippen LogP contribution in [0.2, 0.25) is 0 Å². The van der Waals surface area contributed by atoms with Crippen molar-refractivity contribution < 1.29 is 5.11 Å². The lowest BCUT2D eigenvalue weighted by Gasteiger charge is -2.38. The summed E-state index contributed by atoms with van der Waals surface area (Å²) in [6, 6.07) is 6.60. The standard InChI is InChI=1S/C24H34N8O/c1-17-16-31(12-11-30(17)2)19-7-8-21(26-15-19)28-24-27-14-18-13-20-23(33)25-9-5-3-4-6-10-32(20)22(18)29-24/h7-8,13-15,17,23,25,33H,3-6,9-12,16H2,1-2H3,(H,26,27,28,29). The largest absolute Gasteiger partial charge is 0.373 e. The van der Waals surface area contributed by atoms with Gasteiger partial charge in [0.1, 0.15) is 17.7 Å². The van der Waals surface area contributed by atoms with E-state index in [-0.39, 0.29) is 0 Å². The molecule has 3 aromatic heterocycles. The number of aliphatic hydroxyl groups is 1. The molecule has 0 radical (unpaired) electrons. The maximum Gasteiger partial charge on any atom is 0.230 e. The summed E-state index contributed by atoms with van der Waals surface area (Å²) in [6.07, 6.45) is 7.55. The molecule has 3 aromatic rings. The molecule has 9 nitrogen and oxygen atoms in total. The number of fused-ring (bicyclic) bond motifs is 3. The second-order valence-corrected chi connectivity index (χ2v) is 9.27. The Labute approximate surface area is 194 Å². The summed E-state index contributed by atoms with van der Waals surface area (Å²) >= 11 is 0. The molecule has 2 aliphatic rings. The molecule has 0 spiro atoms. The fraction of sp³-hybridized carbons (Fsp3) is 0.542. The fourth-order valence-corrected chi connectivity index (χ4v) is 4.72. The Morgan fingerprint density at radius 3 is 2.76 bits per heavy atom. The van der Waals surface area contributed by atoms with Crippen molar-refractivity contribution in [2.24, 2.45) is 0 Å². The van der Waals surface area contributed by atoms with Gasteiger partial charge in [0.05, 0.1) is 17.6 Å².